The first-order valence-electron chi connectivity index (χ1n) is 7.32. The minimum absolute atomic E-state index is 0.158. The van der Waals surface area contributed by atoms with Crippen LogP contribution in [0.25, 0.3) is 0 Å². The summed E-state index contributed by atoms with van der Waals surface area (Å²) in [7, 11) is 0. The predicted molar refractivity (Wildman–Crippen MR) is 79.3 cm³/mol. The SMILES string of the molecule is CC(C)(C)N1CCC(NCc2cc(F)ccc2O)CC1. The van der Waals surface area contributed by atoms with Crippen LogP contribution in [0.2, 0.25) is 0 Å². The summed E-state index contributed by atoms with van der Waals surface area (Å²) in [5.74, 6) is -0.145. The van der Waals surface area contributed by atoms with Crippen molar-refractivity contribution in [1.82, 2.24) is 10.2 Å². The van der Waals surface area contributed by atoms with Crippen LogP contribution in [0.4, 0.5) is 4.39 Å². The van der Waals surface area contributed by atoms with Crippen molar-refractivity contribution in [1.29, 1.82) is 0 Å². The van der Waals surface area contributed by atoms with E-state index in [1.807, 2.05) is 0 Å². The first-order valence-corrected chi connectivity index (χ1v) is 7.32. The molecule has 2 N–H and O–H groups in total. The Kier molecular flexibility index (Phi) is 4.66. The molecule has 1 aromatic carbocycles. The number of benzene rings is 1. The average molecular weight is 280 g/mol. The highest BCUT2D eigenvalue weighted by Gasteiger charge is 2.26. The van der Waals surface area contributed by atoms with Crippen LogP contribution < -0.4 is 5.32 Å². The summed E-state index contributed by atoms with van der Waals surface area (Å²) >= 11 is 0. The Morgan fingerprint density at radius 3 is 2.55 bits per heavy atom. The summed E-state index contributed by atoms with van der Waals surface area (Å²) in [6.45, 7) is 9.40. The monoisotopic (exact) mass is 280 g/mol. The molecule has 0 aliphatic carbocycles. The first-order chi connectivity index (χ1) is 9.36. The van der Waals surface area contributed by atoms with Crippen molar-refractivity contribution in [3.05, 3.63) is 29.6 Å². The third-order valence-corrected chi connectivity index (χ3v) is 4.07. The molecule has 0 aromatic heterocycles. The van der Waals surface area contributed by atoms with Gasteiger partial charge in [-0.1, -0.05) is 0 Å². The van der Waals surface area contributed by atoms with E-state index in [2.05, 4.69) is 31.0 Å². The number of hydrogen-bond acceptors (Lipinski definition) is 3. The largest absolute Gasteiger partial charge is 0.508 e. The highest BCUT2D eigenvalue weighted by atomic mass is 19.1. The molecule has 0 spiro atoms. The fraction of sp³-hybridized carbons (Fsp3) is 0.625. The Hall–Kier alpha value is -1.13. The molecule has 20 heavy (non-hydrogen) atoms. The topological polar surface area (TPSA) is 35.5 Å². The van der Waals surface area contributed by atoms with E-state index in [-0.39, 0.29) is 17.1 Å². The standard InChI is InChI=1S/C16H25FN2O/c1-16(2,3)19-8-6-14(7-9-19)18-11-12-10-13(17)4-5-15(12)20/h4-5,10,14,18,20H,6-9,11H2,1-3H3. The molecule has 0 bridgehead atoms. The van der Waals surface area contributed by atoms with E-state index in [1.54, 1.807) is 0 Å². The molecule has 1 aliphatic rings. The van der Waals surface area contributed by atoms with E-state index in [0.29, 0.717) is 18.2 Å². The second-order valence-electron chi connectivity index (χ2n) is 6.59. The van der Waals surface area contributed by atoms with Crippen molar-refractivity contribution in [2.45, 2.75) is 51.7 Å². The lowest BCUT2D eigenvalue weighted by Gasteiger charge is -2.41. The molecule has 4 heteroatoms. The van der Waals surface area contributed by atoms with Gasteiger partial charge in [0.1, 0.15) is 11.6 Å². The Labute approximate surface area is 120 Å². The van der Waals surface area contributed by atoms with E-state index in [1.165, 1.54) is 18.2 Å². The van der Waals surface area contributed by atoms with Gasteiger partial charge in [-0.05, 0) is 51.8 Å². The second kappa shape index (κ2) is 6.10. The molecule has 0 atom stereocenters. The molecule has 3 nitrogen and oxygen atoms in total. The van der Waals surface area contributed by atoms with Gasteiger partial charge in [-0.3, -0.25) is 4.90 Å². The van der Waals surface area contributed by atoms with E-state index < -0.39 is 0 Å². The third-order valence-electron chi connectivity index (χ3n) is 4.07. The van der Waals surface area contributed by atoms with Gasteiger partial charge in [-0.25, -0.2) is 4.39 Å². The average Bonchev–Trinajstić information content (AvgIpc) is 2.39. The number of likely N-dealkylation sites (tertiary alicyclic amines) is 1. The molecule has 112 valence electrons. The second-order valence-corrected chi connectivity index (χ2v) is 6.59. The zero-order valence-electron chi connectivity index (χ0n) is 12.6. The molecule has 1 heterocycles. The predicted octanol–water partition coefficient (Wildman–Crippen LogP) is 2.88. The molecule has 0 radical (unpaired) electrons. The van der Waals surface area contributed by atoms with Gasteiger partial charge in [0.15, 0.2) is 0 Å². The van der Waals surface area contributed by atoms with Crippen LogP contribution in [0.3, 0.4) is 0 Å². The molecule has 0 unspecified atom stereocenters. The smallest absolute Gasteiger partial charge is 0.123 e. The van der Waals surface area contributed by atoms with E-state index in [9.17, 15) is 9.50 Å². The fourth-order valence-corrected chi connectivity index (χ4v) is 2.70. The molecule has 2 rings (SSSR count). The number of piperidine rings is 1. The molecule has 0 saturated carbocycles. The molecule has 1 saturated heterocycles. The summed E-state index contributed by atoms with van der Waals surface area (Å²) in [6.07, 6.45) is 2.18. The number of aromatic hydroxyl groups is 1. The van der Waals surface area contributed by atoms with Crippen LogP contribution in [0, 0.1) is 5.82 Å². The summed E-state index contributed by atoms with van der Waals surface area (Å²) in [5.41, 5.74) is 0.856. The van der Waals surface area contributed by atoms with Crippen molar-refractivity contribution in [2.75, 3.05) is 13.1 Å². The maximum atomic E-state index is 13.1. The summed E-state index contributed by atoms with van der Waals surface area (Å²) < 4.78 is 13.1. The number of phenols is 1. The van der Waals surface area contributed by atoms with E-state index >= 15 is 0 Å². The number of hydrogen-bond donors (Lipinski definition) is 2. The van der Waals surface area contributed by atoms with Crippen LogP contribution in [-0.4, -0.2) is 34.7 Å². The lowest BCUT2D eigenvalue weighted by Crippen LogP contribution is -2.49. The van der Waals surface area contributed by atoms with Crippen molar-refractivity contribution in [3.8, 4) is 5.75 Å². The van der Waals surface area contributed by atoms with E-state index in [4.69, 9.17) is 0 Å². The first kappa shape index (κ1) is 15.3. The Morgan fingerprint density at radius 2 is 1.95 bits per heavy atom. The number of phenolic OH excluding ortho intramolecular Hbond substituents is 1. The molecule has 1 fully saturated rings. The fourth-order valence-electron chi connectivity index (χ4n) is 2.70. The minimum Gasteiger partial charge on any atom is -0.508 e. The molecular formula is C16H25FN2O. The Bertz CT molecular complexity index is 448. The number of nitrogens with one attached hydrogen (secondary N) is 1. The van der Waals surface area contributed by atoms with Crippen molar-refractivity contribution < 1.29 is 9.50 Å². The van der Waals surface area contributed by atoms with E-state index in [0.717, 1.165) is 25.9 Å². The van der Waals surface area contributed by atoms with Crippen LogP contribution in [0.1, 0.15) is 39.2 Å². The molecule has 0 amide bonds. The van der Waals surface area contributed by atoms with Gasteiger partial charge in [-0.2, -0.15) is 0 Å². The van der Waals surface area contributed by atoms with Gasteiger partial charge in [0, 0.05) is 36.8 Å². The summed E-state index contributed by atoms with van der Waals surface area (Å²) in [5, 5.41) is 13.1. The maximum Gasteiger partial charge on any atom is 0.123 e. The van der Waals surface area contributed by atoms with Crippen LogP contribution >= 0.6 is 0 Å². The van der Waals surface area contributed by atoms with Crippen molar-refractivity contribution in [3.63, 3.8) is 0 Å². The quantitative estimate of drug-likeness (QED) is 0.893. The van der Waals surface area contributed by atoms with Gasteiger partial charge >= 0.3 is 0 Å². The minimum atomic E-state index is -0.304. The van der Waals surface area contributed by atoms with Gasteiger partial charge < -0.3 is 10.4 Å². The maximum absolute atomic E-state index is 13.1. The third kappa shape index (κ3) is 3.93. The summed E-state index contributed by atoms with van der Waals surface area (Å²) in [6, 6.07) is 4.53. The number of rotatable bonds is 3. The molecular weight excluding hydrogens is 255 g/mol. The van der Waals surface area contributed by atoms with Gasteiger partial charge in [0.2, 0.25) is 0 Å². The highest BCUT2D eigenvalue weighted by Crippen LogP contribution is 2.21. The number of nitrogens with zero attached hydrogens (tertiary/aromatic N) is 1. The lowest BCUT2D eigenvalue weighted by atomic mass is 9.98. The zero-order chi connectivity index (χ0) is 14.8. The summed E-state index contributed by atoms with van der Waals surface area (Å²) in [4.78, 5) is 2.49. The van der Waals surface area contributed by atoms with Crippen LogP contribution in [-0.2, 0) is 6.54 Å². The Morgan fingerprint density at radius 1 is 1.30 bits per heavy atom. The van der Waals surface area contributed by atoms with Gasteiger partial charge in [0.25, 0.3) is 0 Å². The Balaban J connectivity index is 1.83. The van der Waals surface area contributed by atoms with Crippen molar-refractivity contribution in [2.24, 2.45) is 0 Å². The normalized spacial score (nSPS) is 18.4. The van der Waals surface area contributed by atoms with Crippen LogP contribution in [0.5, 0.6) is 5.75 Å². The molecule has 1 aliphatic heterocycles. The zero-order valence-corrected chi connectivity index (χ0v) is 12.6. The lowest BCUT2D eigenvalue weighted by molar-refractivity contribution is 0.0960. The molecule has 1 aromatic rings. The van der Waals surface area contributed by atoms with Gasteiger partial charge in [0.05, 0.1) is 0 Å². The highest BCUT2D eigenvalue weighted by molar-refractivity contribution is 5.32. The van der Waals surface area contributed by atoms with Gasteiger partial charge in [-0.15, -0.1) is 0 Å². The van der Waals surface area contributed by atoms with Crippen molar-refractivity contribution >= 4 is 0 Å². The number of halogens is 1. The van der Waals surface area contributed by atoms with Crippen LogP contribution in [0.15, 0.2) is 18.2 Å².